The first-order chi connectivity index (χ1) is 10.1. The molecule has 0 radical (unpaired) electrons. The Morgan fingerprint density at radius 2 is 2.10 bits per heavy atom. The van der Waals surface area contributed by atoms with Crippen LogP contribution in [0, 0.1) is 5.92 Å². The maximum Gasteiger partial charge on any atom is 0.268 e. The van der Waals surface area contributed by atoms with Gasteiger partial charge in [-0.25, -0.2) is 4.98 Å². The summed E-state index contributed by atoms with van der Waals surface area (Å²) < 4.78 is 0. The van der Waals surface area contributed by atoms with Gasteiger partial charge in [-0.3, -0.25) is 14.6 Å². The highest BCUT2D eigenvalue weighted by Crippen LogP contribution is 2.21. The highest BCUT2D eigenvalue weighted by molar-refractivity contribution is 5.90. The first-order valence-corrected chi connectivity index (χ1v) is 7.26. The zero-order valence-electron chi connectivity index (χ0n) is 12.2. The average molecular weight is 291 g/mol. The number of nitrogens with zero attached hydrogens (tertiary/aromatic N) is 3. The van der Waals surface area contributed by atoms with Crippen LogP contribution in [-0.4, -0.2) is 41.4 Å². The standard InChI is InChI=1S/C14H21N5O2/c1-2-5-17-14(21)10-3-6-19(7-4-10)12-9-16-8-11(18-12)13(15)20/h8-10H,2-7H2,1H3,(H2,15,20)(H,17,21). The Kier molecular flexibility index (Phi) is 5.08. The molecular formula is C14H21N5O2. The van der Waals surface area contributed by atoms with Crippen molar-refractivity contribution in [2.24, 2.45) is 11.7 Å². The summed E-state index contributed by atoms with van der Waals surface area (Å²) in [5.74, 6) is 0.241. The summed E-state index contributed by atoms with van der Waals surface area (Å²) in [6, 6.07) is 0. The van der Waals surface area contributed by atoms with Gasteiger partial charge in [0.25, 0.3) is 5.91 Å². The highest BCUT2D eigenvalue weighted by atomic mass is 16.2. The van der Waals surface area contributed by atoms with Crippen molar-refractivity contribution < 1.29 is 9.59 Å². The van der Waals surface area contributed by atoms with E-state index in [1.54, 1.807) is 6.20 Å². The minimum atomic E-state index is -0.585. The SMILES string of the molecule is CCCNC(=O)C1CCN(c2cncc(C(N)=O)n2)CC1. The third-order valence-electron chi connectivity index (χ3n) is 3.61. The third-order valence-corrected chi connectivity index (χ3v) is 3.61. The van der Waals surface area contributed by atoms with Crippen molar-refractivity contribution in [1.29, 1.82) is 0 Å². The Hall–Kier alpha value is -2.18. The first-order valence-electron chi connectivity index (χ1n) is 7.26. The molecule has 2 rings (SSSR count). The Morgan fingerprint density at radius 1 is 1.38 bits per heavy atom. The van der Waals surface area contributed by atoms with E-state index in [0.29, 0.717) is 5.82 Å². The summed E-state index contributed by atoms with van der Waals surface area (Å²) in [5.41, 5.74) is 5.37. The largest absolute Gasteiger partial charge is 0.364 e. The number of amides is 2. The van der Waals surface area contributed by atoms with Gasteiger partial charge < -0.3 is 16.0 Å². The highest BCUT2D eigenvalue weighted by Gasteiger charge is 2.25. The fraction of sp³-hybridized carbons (Fsp3) is 0.571. The maximum atomic E-state index is 11.9. The van der Waals surface area contributed by atoms with E-state index in [4.69, 9.17) is 5.73 Å². The molecule has 1 aromatic rings. The number of carbonyl (C=O) groups is 2. The van der Waals surface area contributed by atoms with Gasteiger partial charge >= 0.3 is 0 Å². The van der Waals surface area contributed by atoms with Gasteiger partial charge in [0.2, 0.25) is 5.91 Å². The van der Waals surface area contributed by atoms with Crippen molar-refractivity contribution in [2.75, 3.05) is 24.5 Å². The molecule has 0 spiro atoms. The van der Waals surface area contributed by atoms with Gasteiger partial charge in [0.05, 0.1) is 12.4 Å². The van der Waals surface area contributed by atoms with Crippen molar-refractivity contribution in [3.05, 3.63) is 18.1 Å². The van der Waals surface area contributed by atoms with Gasteiger partial charge in [-0.05, 0) is 19.3 Å². The van der Waals surface area contributed by atoms with Crippen molar-refractivity contribution in [2.45, 2.75) is 26.2 Å². The van der Waals surface area contributed by atoms with Crippen molar-refractivity contribution >= 4 is 17.6 Å². The topological polar surface area (TPSA) is 101 Å². The average Bonchev–Trinajstić information content (AvgIpc) is 2.53. The fourth-order valence-corrected chi connectivity index (χ4v) is 2.39. The van der Waals surface area contributed by atoms with Crippen LogP contribution in [0.25, 0.3) is 0 Å². The van der Waals surface area contributed by atoms with Gasteiger partial charge in [-0.2, -0.15) is 0 Å². The minimum Gasteiger partial charge on any atom is -0.364 e. The predicted octanol–water partition coefficient (Wildman–Crippen LogP) is 0.318. The van der Waals surface area contributed by atoms with E-state index in [1.165, 1.54) is 6.20 Å². The van der Waals surface area contributed by atoms with Gasteiger partial charge in [0, 0.05) is 25.6 Å². The third kappa shape index (κ3) is 3.90. The number of hydrogen-bond acceptors (Lipinski definition) is 5. The molecule has 0 aromatic carbocycles. The van der Waals surface area contributed by atoms with Crippen LogP contribution in [0.5, 0.6) is 0 Å². The lowest BCUT2D eigenvalue weighted by Gasteiger charge is -2.32. The molecule has 7 nitrogen and oxygen atoms in total. The van der Waals surface area contributed by atoms with Gasteiger partial charge in [-0.1, -0.05) is 6.92 Å². The van der Waals surface area contributed by atoms with Gasteiger partial charge in [0.1, 0.15) is 11.5 Å². The second-order valence-corrected chi connectivity index (χ2v) is 5.18. The van der Waals surface area contributed by atoms with Crippen LogP contribution in [-0.2, 0) is 4.79 Å². The van der Waals surface area contributed by atoms with E-state index in [-0.39, 0.29) is 17.5 Å². The zero-order chi connectivity index (χ0) is 15.2. The molecular weight excluding hydrogens is 270 g/mol. The van der Waals surface area contributed by atoms with Crippen LogP contribution < -0.4 is 16.0 Å². The molecule has 0 atom stereocenters. The van der Waals surface area contributed by atoms with Crippen LogP contribution >= 0.6 is 0 Å². The number of piperidine rings is 1. The fourth-order valence-electron chi connectivity index (χ4n) is 2.39. The molecule has 0 aliphatic carbocycles. The number of carbonyl (C=O) groups excluding carboxylic acids is 2. The molecule has 2 heterocycles. The molecule has 0 saturated carbocycles. The number of primary amides is 1. The second kappa shape index (κ2) is 7.01. The summed E-state index contributed by atoms with van der Waals surface area (Å²) in [4.78, 5) is 33.3. The molecule has 1 aliphatic heterocycles. The lowest BCUT2D eigenvalue weighted by atomic mass is 9.96. The summed E-state index contributed by atoms with van der Waals surface area (Å²) in [6.45, 7) is 4.21. The minimum absolute atomic E-state index is 0.0556. The van der Waals surface area contributed by atoms with Gasteiger partial charge in [-0.15, -0.1) is 0 Å². The van der Waals surface area contributed by atoms with E-state index in [9.17, 15) is 9.59 Å². The van der Waals surface area contributed by atoms with Crippen LogP contribution in [0.1, 0.15) is 36.7 Å². The molecule has 7 heteroatoms. The Morgan fingerprint density at radius 3 is 2.71 bits per heavy atom. The number of nitrogens with two attached hydrogens (primary N) is 1. The van der Waals surface area contributed by atoms with Crippen molar-refractivity contribution in [3.8, 4) is 0 Å². The Balaban J connectivity index is 1.93. The molecule has 1 saturated heterocycles. The smallest absolute Gasteiger partial charge is 0.268 e. The van der Waals surface area contributed by atoms with E-state index >= 15 is 0 Å². The normalized spacial score (nSPS) is 15.8. The molecule has 3 N–H and O–H groups in total. The van der Waals surface area contributed by atoms with E-state index in [1.807, 2.05) is 11.8 Å². The number of nitrogens with one attached hydrogen (secondary N) is 1. The van der Waals surface area contributed by atoms with Crippen LogP contribution in [0.3, 0.4) is 0 Å². The number of aromatic nitrogens is 2. The first kappa shape index (κ1) is 15.2. The Labute approximate surface area is 123 Å². The molecule has 21 heavy (non-hydrogen) atoms. The lowest BCUT2D eigenvalue weighted by Crippen LogP contribution is -2.41. The maximum absolute atomic E-state index is 11.9. The number of rotatable bonds is 5. The summed E-state index contributed by atoms with van der Waals surface area (Å²) >= 11 is 0. The van der Waals surface area contributed by atoms with E-state index in [2.05, 4.69) is 15.3 Å². The molecule has 114 valence electrons. The van der Waals surface area contributed by atoms with Crippen molar-refractivity contribution in [3.63, 3.8) is 0 Å². The van der Waals surface area contributed by atoms with E-state index in [0.717, 1.165) is 38.9 Å². The molecule has 1 aliphatic rings. The van der Waals surface area contributed by atoms with Crippen LogP contribution in [0.4, 0.5) is 5.82 Å². The van der Waals surface area contributed by atoms with Crippen LogP contribution in [0.2, 0.25) is 0 Å². The summed E-state index contributed by atoms with van der Waals surface area (Å²) in [7, 11) is 0. The lowest BCUT2D eigenvalue weighted by molar-refractivity contribution is -0.125. The predicted molar refractivity (Wildman–Crippen MR) is 78.8 cm³/mol. The monoisotopic (exact) mass is 291 g/mol. The second-order valence-electron chi connectivity index (χ2n) is 5.18. The summed E-state index contributed by atoms with van der Waals surface area (Å²) in [6.07, 6.45) is 5.47. The van der Waals surface area contributed by atoms with Crippen molar-refractivity contribution in [1.82, 2.24) is 15.3 Å². The van der Waals surface area contributed by atoms with Crippen LogP contribution in [0.15, 0.2) is 12.4 Å². The van der Waals surface area contributed by atoms with E-state index < -0.39 is 5.91 Å². The molecule has 0 bridgehead atoms. The Bertz CT molecular complexity index is 512. The molecule has 0 unspecified atom stereocenters. The molecule has 1 fully saturated rings. The molecule has 1 aromatic heterocycles. The van der Waals surface area contributed by atoms with Gasteiger partial charge in [0.15, 0.2) is 0 Å². The molecule has 2 amide bonds. The zero-order valence-corrected chi connectivity index (χ0v) is 12.2. The summed E-state index contributed by atoms with van der Waals surface area (Å²) in [5, 5.41) is 2.93. The quantitative estimate of drug-likeness (QED) is 0.813. The number of anilines is 1. The number of hydrogen-bond donors (Lipinski definition) is 2.